The van der Waals surface area contributed by atoms with Crippen LogP contribution in [0.4, 0.5) is 0 Å². The molecule has 1 aromatic heterocycles. The lowest BCUT2D eigenvalue weighted by Crippen LogP contribution is -2.42. The van der Waals surface area contributed by atoms with E-state index in [4.69, 9.17) is 18.9 Å². The average Bonchev–Trinajstić information content (AvgIpc) is 3.24. The Balaban J connectivity index is 1.68. The Morgan fingerprint density at radius 2 is 1.97 bits per heavy atom. The number of ether oxygens (including phenoxy) is 4. The molecule has 0 bridgehead atoms. The molecule has 176 valence electrons. The smallest absolute Gasteiger partial charge is 0.249 e. The maximum absolute atomic E-state index is 12.9. The van der Waals surface area contributed by atoms with Gasteiger partial charge in [0.05, 0.1) is 26.9 Å². The Hall–Kier alpha value is -3.19. The molecule has 2 heterocycles. The second kappa shape index (κ2) is 10.2. The highest BCUT2D eigenvalue weighted by Crippen LogP contribution is 2.40. The molecule has 3 aromatic rings. The van der Waals surface area contributed by atoms with Gasteiger partial charge in [0.2, 0.25) is 5.91 Å². The van der Waals surface area contributed by atoms with E-state index in [2.05, 4.69) is 23.3 Å². The van der Waals surface area contributed by atoms with Crippen LogP contribution in [0.2, 0.25) is 0 Å². The molecular weight excluding hydrogens is 420 g/mol. The molecule has 7 nitrogen and oxygen atoms in total. The first-order valence-electron chi connectivity index (χ1n) is 11.4. The number of hydrogen-bond acceptors (Lipinski definition) is 5. The Labute approximate surface area is 194 Å². The summed E-state index contributed by atoms with van der Waals surface area (Å²) in [5.41, 5.74) is 4.59. The highest BCUT2D eigenvalue weighted by atomic mass is 16.5. The van der Waals surface area contributed by atoms with E-state index in [0.29, 0.717) is 18.9 Å². The van der Waals surface area contributed by atoms with Crippen molar-refractivity contribution in [3.05, 3.63) is 53.2 Å². The van der Waals surface area contributed by atoms with E-state index in [1.54, 1.807) is 21.3 Å². The molecule has 0 saturated carbocycles. The van der Waals surface area contributed by atoms with Crippen LogP contribution in [-0.4, -0.2) is 56.9 Å². The number of hydrogen-bond donors (Lipinski definition) is 1. The Morgan fingerprint density at radius 1 is 1.12 bits per heavy atom. The number of rotatable bonds is 9. The van der Waals surface area contributed by atoms with Crippen LogP contribution in [0.15, 0.2) is 36.5 Å². The minimum absolute atomic E-state index is 0.00234. The molecule has 4 rings (SSSR count). The Morgan fingerprint density at radius 3 is 2.70 bits per heavy atom. The summed E-state index contributed by atoms with van der Waals surface area (Å²) in [6.07, 6.45) is 4.41. The van der Waals surface area contributed by atoms with Crippen LogP contribution in [0.5, 0.6) is 17.2 Å². The molecule has 0 aliphatic carbocycles. The number of fused-ring (bicyclic) bond motifs is 2. The molecule has 1 amide bonds. The molecule has 0 saturated heterocycles. The van der Waals surface area contributed by atoms with E-state index in [-0.39, 0.29) is 18.6 Å². The van der Waals surface area contributed by atoms with E-state index >= 15 is 0 Å². The first-order valence-corrected chi connectivity index (χ1v) is 11.4. The topological polar surface area (TPSA) is 73.0 Å². The number of benzene rings is 2. The van der Waals surface area contributed by atoms with Gasteiger partial charge in [0, 0.05) is 30.8 Å². The first kappa shape index (κ1) is 23.0. The number of H-pyrrole nitrogens is 1. The van der Waals surface area contributed by atoms with Gasteiger partial charge >= 0.3 is 0 Å². The summed E-state index contributed by atoms with van der Waals surface area (Å²) >= 11 is 0. The van der Waals surface area contributed by atoms with Gasteiger partial charge in [0.15, 0.2) is 11.5 Å². The normalized spacial score (nSPS) is 15.4. The van der Waals surface area contributed by atoms with Crippen LogP contribution in [0.1, 0.15) is 36.1 Å². The number of nitrogens with zero attached hydrogens (tertiary/aromatic N) is 1. The fourth-order valence-electron chi connectivity index (χ4n) is 4.74. The van der Waals surface area contributed by atoms with E-state index in [0.717, 1.165) is 47.2 Å². The van der Waals surface area contributed by atoms with Crippen molar-refractivity contribution in [1.29, 1.82) is 0 Å². The largest absolute Gasteiger partial charge is 0.497 e. The first-order chi connectivity index (χ1) is 16.1. The van der Waals surface area contributed by atoms with Gasteiger partial charge in [-0.15, -0.1) is 0 Å². The van der Waals surface area contributed by atoms with Gasteiger partial charge in [-0.2, -0.15) is 0 Å². The molecule has 0 spiro atoms. The number of aryl methyl sites for hydroxylation is 1. The standard InChI is InChI=1S/C26H32N2O5/c1-5-33-25-14-21-17(12-24(25)32-4)10-11-28(26(29)16-30-2)23(21)9-6-18-15-27-22-8-7-19(31-3)13-20(18)22/h7-8,12-15,23,27H,5-6,9-11,16H2,1-4H3/t23-/m0/s1. The van der Waals surface area contributed by atoms with Crippen molar-refractivity contribution in [2.75, 3.05) is 41.1 Å². The predicted molar refractivity (Wildman–Crippen MR) is 127 cm³/mol. The highest BCUT2D eigenvalue weighted by Gasteiger charge is 2.32. The van der Waals surface area contributed by atoms with Gasteiger partial charge in [-0.1, -0.05) is 0 Å². The summed E-state index contributed by atoms with van der Waals surface area (Å²) in [7, 11) is 4.89. The maximum atomic E-state index is 12.9. The van der Waals surface area contributed by atoms with Crippen LogP contribution < -0.4 is 14.2 Å². The molecular formula is C26H32N2O5. The third-order valence-electron chi connectivity index (χ3n) is 6.33. The minimum Gasteiger partial charge on any atom is -0.497 e. The van der Waals surface area contributed by atoms with E-state index in [1.165, 1.54) is 11.1 Å². The number of carbonyl (C=O) groups is 1. The van der Waals surface area contributed by atoms with Crippen molar-refractivity contribution in [3.8, 4) is 17.2 Å². The summed E-state index contributed by atoms with van der Waals surface area (Å²) in [4.78, 5) is 18.2. The van der Waals surface area contributed by atoms with Crippen molar-refractivity contribution in [2.45, 2.75) is 32.2 Å². The molecule has 1 N–H and O–H groups in total. The van der Waals surface area contributed by atoms with Gasteiger partial charge in [0.25, 0.3) is 0 Å². The number of carbonyl (C=O) groups excluding carboxylic acids is 1. The van der Waals surface area contributed by atoms with E-state index < -0.39 is 0 Å². The van der Waals surface area contributed by atoms with E-state index in [9.17, 15) is 4.79 Å². The monoisotopic (exact) mass is 452 g/mol. The molecule has 7 heteroatoms. The van der Waals surface area contributed by atoms with Crippen LogP contribution in [0.25, 0.3) is 10.9 Å². The van der Waals surface area contributed by atoms with Gasteiger partial charge in [-0.05, 0) is 73.2 Å². The predicted octanol–water partition coefficient (Wildman–Crippen LogP) is 4.29. The average molecular weight is 453 g/mol. The molecule has 1 atom stereocenters. The minimum atomic E-state index is -0.0722. The van der Waals surface area contributed by atoms with Gasteiger partial charge in [-0.3, -0.25) is 4.79 Å². The second-order valence-corrected chi connectivity index (χ2v) is 8.18. The maximum Gasteiger partial charge on any atom is 0.249 e. The molecule has 0 fully saturated rings. The molecule has 1 aliphatic rings. The number of aromatic nitrogens is 1. The van der Waals surface area contributed by atoms with Crippen LogP contribution in [0.3, 0.4) is 0 Å². The van der Waals surface area contributed by atoms with Crippen LogP contribution in [0, 0.1) is 0 Å². The molecule has 1 aliphatic heterocycles. The fraction of sp³-hybridized carbons (Fsp3) is 0.423. The highest BCUT2D eigenvalue weighted by molar-refractivity contribution is 5.84. The molecule has 33 heavy (non-hydrogen) atoms. The SMILES string of the molecule is CCOc1cc2c(cc1OC)CCN(C(=O)COC)[C@H]2CCc1c[nH]c2ccc(OC)cc12. The van der Waals surface area contributed by atoms with E-state index in [1.807, 2.05) is 30.0 Å². The van der Waals surface area contributed by atoms with Gasteiger partial charge < -0.3 is 28.8 Å². The zero-order chi connectivity index (χ0) is 23.4. The van der Waals surface area contributed by atoms with Crippen LogP contribution >= 0.6 is 0 Å². The summed E-state index contributed by atoms with van der Waals surface area (Å²) in [6, 6.07) is 10.1. The van der Waals surface area contributed by atoms with Crippen molar-refractivity contribution in [3.63, 3.8) is 0 Å². The van der Waals surface area contributed by atoms with Crippen molar-refractivity contribution < 1.29 is 23.7 Å². The Kier molecular flexibility index (Phi) is 7.08. The fourth-order valence-corrected chi connectivity index (χ4v) is 4.74. The summed E-state index contributed by atoms with van der Waals surface area (Å²) in [6.45, 7) is 3.22. The van der Waals surface area contributed by atoms with Crippen molar-refractivity contribution in [1.82, 2.24) is 9.88 Å². The molecule has 0 unspecified atom stereocenters. The summed E-state index contributed by atoms with van der Waals surface area (Å²) in [5.74, 6) is 2.27. The lowest BCUT2D eigenvalue weighted by Gasteiger charge is -2.38. The second-order valence-electron chi connectivity index (χ2n) is 8.18. The van der Waals surface area contributed by atoms with Crippen molar-refractivity contribution >= 4 is 16.8 Å². The quantitative estimate of drug-likeness (QED) is 0.524. The van der Waals surface area contributed by atoms with Gasteiger partial charge in [-0.25, -0.2) is 0 Å². The third kappa shape index (κ3) is 4.64. The number of aromatic amines is 1. The third-order valence-corrected chi connectivity index (χ3v) is 6.33. The zero-order valence-electron chi connectivity index (χ0n) is 19.8. The molecule has 2 aromatic carbocycles. The number of amides is 1. The van der Waals surface area contributed by atoms with Crippen LogP contribution in [-0.2, 0) is 22.4 Å². The summed E-state index contributed by atoms with van der Waals surface area (Å²) in [5, 5.41) is 1.14. The molecule has 0 radical (unpaired) electrons. The number of nitrogens with one attached hydrogen (secondary N) is 1. The Bertz CT molecular complexity index is 1120. The van der Waals surface area contributed by atoms with Gasteiger partial charge in [0.1, 0.15) is 12.4 Å². The zero-order valence-corrected chi connectivity index (χ0v) is 19.8. The lowest BCUT2D eigenvalue weighted by molar-refractivity contribution is -0.138. The lowest BCUT2D eigenvalue weighted by atomic mass is 9.88. The number of methoxy groups -OCH3 is 3. The summed E-state index contributed by atoms with van der Waals surface area (Å²) < 4.78 is 22.0. The van der Waals surface area contributed by atoms with Crippen molar-refractivity contribution in [2.24, 2.45) is 0 Å².